The van der Waals surface area contributed by atoms with Gasteiger partial charge in [-0.2, -0.15) is 0 Å². The second-order valence-electron chi connectivity index (χ2n) is 4.19. The fourth-order valence-electron chi connectivity index (χ4n) is 1.46. The molecular weight excluding hydrogens is 372 g/mol. The monoisotopic (exact) mass is 390 g/mol. The van der Waals surface area contributed by atoms with Crippen molar-refractivity contribution in [3.63, 3.8) is 0 Å². The van der Waals surface area contributed by atoms with Gasteiger partial charge in [0.2, 0.25) is 0 Å². The summed E-state index contributed by atoms with van der Waals surface area (Å²) in [4.78, 5) is 0. The van der Waals surface area contributed by atoms with Crippen LogP contribution in [0.4, 0.5) is 0 Å². The van der Waals surface area contributed by atoms with Crippen LogP contribution >= 0.6 is 24.4 Å². The topological polar surface area (TPSA) is 70.5 Å². The minimum atomic E-state index is 0. The maximum absolute atomic E-state index is 5.15. The zero-order valence-electron chi connectivity index (χ0n) is 12.3. The van der Waals surface area contributed by atoms with Crippen LogP contribution in [0.5, 0.6) is 0 Å². The van der Waals surface area contributed by atoms with Gasteiger partial charge >= 0.3 is 0 Å². The van der Waals surface area contributed by atoms with Crippen LogP contribution in [0.15, 0.2) is 60.7 Å². The van der Waals surface area contributed by atoms with Crippen molar-refractivity contribution >= 4 is 34.8 Å². The second-order valence-corrected chi connectivity index (χ2v) is 4.99. The van der Waals surface area contributed by atoms with Gasteiger partial charge in [0.15, 0.2) is 0 Å². The third kappa shape index (κ3) is 11.5. The van der Waals surface area contributed by atoms with Gasteiger partial charge in [-0.3, -0.25) is 0 Å². The average Bonchev–Trinajstić information content (AvgIpc) is 2.53. The van der Waals surface area contributed by atoms with E-state index in [4.69, 9.17) is 20.9 Å². The summed E-state index contributed by atoms with van der Waals surface area (Å²) < 4.78 is 9.87. The molecule has 0 atom stereocenters. The SMILES string of the molecule is NC(=S)OCc1ccccc1.NC(=S)OCc1ccccc1.[Fe]. The standard InChI is InChI=1S/2C8H9NOS.Fe/c2*9-8(11)10-6-7-4-2-1-3-5-7;/h2*1-5H,6H2,(H2,9,11);. The molecule has 7 heteroatoms. The molecule has 0 aromatic heterocycles. The normalized spacial score (nSPS) is 8.70. The molecule has 2 aromatic rings. The van der Waals surface area contributed by atoms with Crippen LogP contribution in [-0.2, 0) is 39.8 Å². The Labute approximate surface area is 157 Å². The predicted molar refractivity (Wildman–Crippen MR) is 96.0 cm³/mol. The number of hydrogen-bond donors (Lipinski definition) is 2. The van der Waals surface area contributed by atoms with Gasteiger partial charge in [0, 0.05) is 17.1 Å². The van der Waals surface area contributed by atoms with E-state index >= 15 is 0 Å². The Morgan fingerprint density at radius 3 is 1.26 bits per heavy atom. The van der Waals surface area contributed by atoms with E-state index < -0.39 is 0 Å². The van der Waals surface area contributed by atoms with Crippen molar-refractivity contribution in [1.29, 1.82) is 0 Å². The molecule has 2 rings (SSSR count). The van der Waals surface area contributed by atoms with Crippen molar-refractivity contribution < 1.29 is 26.5 Å². The fourth-order valence-corrected chi connectivity index (χ4v) is 1.58. The van der Waals surface area contributed by atoms with Crippen LogP contribution < -0.4 is 11.5 Å². The van der Waals surface area contributed by atoms with Crippen LogP contribution in [0.3, 0.4) is 0 Å². The molecule has 124 valence electrons. The molecule has 0 radical (unpaired) electrons. The molecule has 23 heavy (non-hydrogen) atoms. The molecule has 2 aromatic carbocycles. The van der Waals surface area contributed by atoms with Crippen molar-refractivity contribution in [3.8, 4) is 0 Å². The van der Waals surface area contributed by atoms with Gasteiger partial charge in [-0.05, 0) is 35.6 Å². The molecule has 0 aliphatic rings. The maximum atomic E-state index is 5.15. The van der Waals surface area contributed by atoms with E-state index in [1.54, 1.807) is 0 Å². The summed E-state index contributed by atoms with van der Waals surface area (Å²) in [5, 5.41) is 0.183. The van der Waals surface area contributed by atoms with Crippen molar-refractivity contribution in [1.82, 2.24) is 0 Å². The number of ether oxygens (including phenoxy) is 2. The van der Waals surface area contributed by atoms with Gasteiger partial charge in [-0.15, -0.1) is 0 Å². The van der Waals surface area contributed by atoms with Crippen molar-refractivity contribution in [2.45, 2.75) is 13.2 Å². The summed E-state index contributed by atoms with van der Waals surface area (Å²) >= 11 is 9.10. The summed E-state index contributed by atoms with van der Waals surface area (Å²) in [6, 6.07) is 19.5. The summed E-state index contributed by atoms with van der Waals surface area (Å²) in [5.74, 6) is 0. The zero-order valence-corrected chi connectivity index (χ0v) is 15.1. The van der Waals surface area contributed by atoms with Gasteiger partial charge in [0.1, 0.15) is 13.2 Å². The smallest absolute Gasteiger partial charge is 0.254 e. The van der Waals surface area contributed by atoms with Gasteiger partial charge < -0.3 is 20.9 Å². The molecule has 0 spiro atoms. The van der Waals surface area contributed by atoms with Crippen LogP contribution in [0.25, 0.3) is 0 Å². The number of hydrogen-bond acceptors (Lipinski definition) is 4. The molecule has 4 nitrogen and oxygen atoms in total. The molecule has 0 saturated heterocycles. The van der Waals surface area contributed by atoms with Gasteiger partial charge in [-0.25, -0.2) is 0 Å². The quantitative estimate of drug-likeness (QED) is 0.618. The van der Waals surface area contributed by atoms with Crippen LogP contribution in [0, 0.1) is 0 Å². The molecule has 0 fully saturated rings. The maximum Gasteiger partial charge on any atom is 0.254 e. The van der Waals surface area contributed by atoms with E-state index in [1.165, 1.54) is 0 Å². The van der Waals surface area contributed by atoms with Gasteiger partial charge in [0.05, 0.1) is 0 Å². The first-order valence-electron chi connectivity index (χ1n) is 6.50. The molecule has 0 bridgehead atoms. The van der Waals surface area contributed by atoms with Crippen LogP contribution in [0.2, 0.25) is 0 Å². The third-order valence-electron chi connectivity index (χ3n) is 2.45. The van der Waals surface area contributed by atoms with Gasteiger partial charge in [-0.1, -0.05) is 60.7 Å². The molecule has 0 unspecified atom stereocenters. The predicted octanol–water partition coefficient (Wildman–Crippen LogP) is 2.89. The Morgan fingerprint density at radius 2 is 1.00 bits per heavy atom. The summed E-state index contributed by atoms with van der Waals surface area (Å²) in [6.07, 6.45) is 0. The minimum Gasteiger partial charge on any atom is -0.466 e. The number of nitrogens with two attached hydrogens (primary N) is 2. The molecule has 0 heterocycles. The molecule has 4 N–H and O–H groups in total. The van der Waals surface area contributed by atoms with E-state index in [-0.39, 0.29) is 27.4 Å². The first kappa shape index (κ1) is 21.3. The van der Waals surface area contributed by atoms with E-state index in [1.807, 2.05) is 60.7 Å². The third-order valence-corrected chi connectivity index (χ3v) is 2.68. The molecule has 0 amide bonds. The van der Waals surface area contributed by atoms with E-state index in [0.717, 1.165) is 11.1 Å². The second kappa shape index (κ2) is 12.8. The van der Waals surface area contributed by atoms with Crippen LogP contribution in [-0.4, -0.2) is 10.3 Å². The molecular formula is C16H18FeN2O2S2. The fraction of sp³-hybridized carbons (Fsp3) is 0.125. The molecule has 0 aliphatic carbocycles. The van der Waals surface area contributed by atoms with Crippen molar-refractivity contribution in [2.75, 3.05) is 0 Å². The number of benzene rings is 2. The largest absolute Gasteiger partial charge is 0.466 e. The van der Waals surface area contributed by atoms with Crippen molar-refractivity contribution in [2.24, 2.45) is 11.5 Å². The summed E-state index contributed by atoms with van der Waals surface area (Å²) in [5.41, 5.74) is 12.4. The average molecular weight is 390 g/mol. The first-order chi connectivity index (χ1) is 10.6. The van der Waals surface area contributed by atoms with Gasteiger partial charge in [0.25, 0.3) is 10.3 Å². The summed E-state index contributed by atoms with van der Waals surface area (Å²) in [7, 11) is 0. The Kier molecular flexibility index (Phi) is 11.9. The van der Waals surface area contributed by atoms with E-state index in [0.29, 0.717) is 13.2 Å². The first-order valence-corrected chi connectivity index (χ1v) is 7.32. The van der Waals surface area contributed by atoms with Crippen molar-refractivity contribution in [3.05, 3.63) is 71.8 Å². The number of thiocarbonyl (C=S) groups is 2. The zero-order chi connectivity index (χ0) is 16.2. The Bertz CT molecular complexity index is 530. The van der Waals surface area contributed by atoms with Crippen LogP contribution in [0.1, 0.15) is 11.1 Å². The summed E-state index contributed by atoms with van der Waals surface area (Å²) in [6.45, 7) is 0.909. The molecule has 0 saturated carbocycles. The number of rotatable bonds is 4. The van der Waals surface area contributed by atoms with E-state index in [9.17, 15) is 0 Å². The Balaban J connectivity index is 0.000000403. The minimum absolute atomic E-state index is 0. The van der Waals surface area contributed by atoms with E-state index in [2.05, 4.69) is 24.4 Å². The molecule has 0 aliphatic heterocycles. The Morgan fingerprint density at radius 1 is 0.696 bits per heavy atom. The Hall–Kier alpha value is -1.66.